The van der Waals surface area contributed by atoms with E-state index in [1.807, 2.05) is 17.5 Å². The topological polar surface area (TPSA) is 75.3 Å². The average molecular weight is 362 g/mol. The molecule has 1 amide bonds. The minimum absolute atomic E-state index is 0.204. The second-order valence-electron chi connectivity index (χ2n) is 5.66. The van der Waals surface area contributed by atoms with Crippen molar-refractivity contribution < 1.29 is 13.2 Å². The van der Waals surface area contributed by atoms with E-state index in [0.717, 1.165) is 17.7 Å². The van der Waals surface area contributed by atoms with Crippen LogP contribution in [0.5, 0.6) is 0 Å². The van der Waals surface area contributed by atoms with Crippen molar-refractivity contribution in [3.63, 3.8) is 0 Å². The molecule has 1 aromatic heterocycles. The van der Waals surface area contributed by atoms with Gasteiger partial charge in [0.25, 0.3) is 0 Å². The summed E-state index contributed by atoms with van der Waals surface area (Å²) < 4.78 is 26.9. The molecule has 1 aliphatic rings. The quantitative estimate of drug-likeness (QED) is 0.743. The lowest BCUT2D eigenvalue weighted by Crippen LogP contribution is -2.25. The SMILES string of the molecule is O=C(C=Cc1cccs1)Nc1ccc(S(=O)(=O)NCC2CC2)cc1. The summed E-state index contributed by atoms with van der Waals surface area (Å²) in [6.45, 7) is 0.494. The molecule has 0 bridgehead atoms. The predicted octanol–water partition coefficient (Wildman–Crippen LogP) is 3.09. The molecule has 7 heteroatoms. The fourth-order valence-corrected chi connectivity index (χ4v) is 3.81. The Morgan fingerprint density at radius 1 is 1.21 bits per heavy atom. The lowest BCUT2D eigenvalue weighted by molar-refractivity contribution is -0.111. The van der Waals surface area contributed by atoms with E-state index in [0.29, 0.717) is 18.2 Å². The highest BCUT2D eigenvalue weighted by Gasteiger charge is 2.24. The highest BCUT2D eigenvalue weighted by Crippen LogP contribution is 2.28. The van der Waals surface area contributed by atoms with Crippen molar-refractivity contribution in [2.75, 3.05) is 11.9 Å². The fourth-order valence-electron chi connectivity index (χ4n) is 2.08. The van der Waals surface area contributed by atoms with Crippen LogP contribution in [-0.4, -0.2) is 20.9 Å². The number of hydrogen-bond acceptors (Lipinski definition) is 4. The molecule has 24 heavy (non-hydrogen) atoms. The van der Waals surface area contributed by atoms with E-state index in [-0.39, 0.29) is 10.8 Å². The lowest BCUT2D eigenvalue weighted by atomic mass is 10.3. The maximum absolute atomic E-state index is 12.1. The van der Waals surface area contributed by atoms with Crippen LogP contribution in [0.25, 0.3) is 6.08 Å². The van der Waals surface area contributed by atoms with Gasteiger partial charge in [-0.15, -0.1) is 11.3 Å². The largest absolute Gasteiger partial charge is 0.323 e. The number of amides is 1. The monoisotopic (exact) mass is 362 g/mol. The molecule has 1 fully saturated rings. The minimum Gasteiger partial charge on any atom is -0.323 e. The van der Waals surface area contributed by atoms with E-state index < -0.39 is 10.0 Å². The summed E-state index contributed by atoms with van der Waals surface area (Å²) in [6, 6.07) is 9.99. The van der Waals surface area contributed by atoms with Crippen LogP contribution in [0.1, 0.15) is 17.7 Å². The Bertz CT molecular complexity index is 821. The zero-order chi connectivity index (χ0) is 17.0. The lowest BCUT2D eigenvalue weighted by Gasteiger charge is -2.07. The Balaban J connectivity index is 1.58. The van der Waals surface area contributed by atoms with Crippen LogP contribution in [0.2, 0.25) is 0 Å². The molecule has 0 spiro atoms. The van der Waals surface area contributed by atoms with Crippen LogP contribution >= 0.6 is 11.3 Å². The van der Waals surface area contributed by atoms with Crippen molar-refractivity contribution in [3.8, 4) is 0 Å². The first-order valence-electron chi connectivity index (χ1n) is 7.65. The Labute approximate surface area is 145 Å². The van der Waals surface area contributed by atoms with Crippen molar-refractivity contribution in [3.05, 3.63) is 52.7 Å². The third kappa shape index (κ3) is 4.77. The summed E-state index contributed by atoms with van der Waals surface area (Å²) in [5, 5.41) is 4.65. The molecule has 1 heterocycles. The number of sulfonamides is 1. The zero-order valence-electron chi connectivity index (χ0n) is 12.9. The highest BCUT2D eigenvalue weighted by atomic mass is 32.2. The van der Waals surface area contributed by atoms with Gasteiger partial charge in [-0.3, -0.25) is 4.79 Å². The third-order valence-corrected chi connectivity index (χ3v) is 5.91. The average Bonchev–Trinajstić information content (AvgIpc) is 3.25. The second-order valence-corrected chi connectivity index (χ2v) is 8.40. The van der Waals surface area contributed by atoms with Crippen LogP contribution in [0.3, 0.4) is 0 Å². The van der Waals surface area contributed by atoms with Crippen LogP contribution in [0.15, 0.2) is 52.7 Å². The number of anilines is 1. The Morgan fingerprint density at radius 2 is 1.96 bits per heavy atom. The minimum atomic E-state index is -3.48. The van der Waals surface area contributed by atoms with Gasteiger partial charge in [0.2, 0.25) is 15.9 Å². The first kappa shape index (κ1) is 16.9. The standard InChI is InChI=1S/C17H18N2O3S2/c20-17(10-7-15-2-1-11-23-15)19-14-5-8-16(9-6-14)24(21,22)18-12-13-3-4-13/h1-2,5-11,13,18H,3-4,12H2,(H,19,20). The van der Waals surface area contributed by atoms with Gasteiger partial charge in [-0.1, -0.05) is 6.07 Å². The summed E-state index contributed by atoms with van der Waals surface area (Å²) in [4.78, 5) is 13.0. The molecular formula is C17H18N2O3S2. The van der Waals surface area contributed by atoms with Crippen LogP contribution < -0.4 is 10.0 Å². The van der Waals surface area contributed by atoms with Gasteiger partial charge in [0.15, 0.2) is 0 Å². The summed E-state index contributed by atoms with van der Waals surface area (Å²) >= 11 is 1.55. The molecule has 1 saturated carbocycles. The number of carbonyl (C=O) groups excluding carboxylic acids is 1. The smallest absolute Gasteiger partial charge is 0.248 e. The molecule has 0 saturated heterocycles. The van der Waals surface area contributed by atoms with Gasteiger partial charge >= 0.3 is 0 Å². The van der Waals surface area contributed by atoms with E-state index in [2.05, 4.69) is 10.0 Å². The van der Waals surface area contributed by atoms with E-state index in [1.165, 1.54) is 18.2 Å². The number of hydrogen-bond donors (Lipinski definition) is 2. The molecule has 126 valence electrons. The number of thiophene rings is 1. The normalized spacial score (nSPS) is 14.8. The van der Waals surface area contributed by atoms with Gasteiger partial charge in [-0.05, 0) is 60.5 Å². The van der Waals surface area contributed by atoms with Gasteiger partial charge in [0, 0.05) is 23.2 Å². The maximum atomic E-state index is 12.1. The van der Waals surface area contributed by atoms with Crippen LogP contribution in [-0.2, 0) is 14.8 Å². The van der Waals surface area contributed by atoms with Crippen molar-refractivity contribution in [2.45, 2.75) is 17.7 Å². The third-order valence-electron chi connectivity index (χ3n) is 3.63. The highest BCUT2D eigenvalue weighted by molar-refractivity contribution is 7.89. The summed E-state index contributed by atoms with van der Waals surface area (Å²) in [6.07, 6.45) is 5.37. The molecule has 0 radical (unpaired) electrons. The summed E-state index contributed by atoms with van der Waals surface area (Å²) in [5.41, 5.74) is 0.553. The van der Waals surface area contributed by atoms with Gasteiger partial charge in [0.05, 0.1) is 4.90 Å². The van der Waals surface area contributed by atoms with Crippen molar-refractivity contribution >= 4 is 39.0 Å². The Kier molecular flexibility index (Phi) is 5.13. The molecule has 2 aromatic rings. The van der Waals surface area contributed by atoms with E-state index in [1.54, 1.807) is 29.5 Å². The van der Waals surface area contributed by atoms with Gasteiger partial charge < -0.3 is 5.32 Å². The Morgan fingerprint density at radius 3 is 2.58 bits per heavy atom. The summed E-state index contributed by atoms with van der Waals surface area (Å²) in [5.74, 6) is 0.222. The predicted molar refractivity (Wildman–Crippen MR) is 96.3 cm³/mol. The first-order valence-corrected chi connectivity index (χ1v) is 10.0. The van der Waals surface area contributed by atoms with Gasteiger partial charge in [-0.25, -0.2) is 13.1 Å². The molecule has 1 aromatic carbocycles. The van der Waals surface area contributed by atoms with Crippen molar-refractivity contribution in [1.29, 1.82) is 0 Å². The Hall–Kier alpha value is -1.96. The summed E-state index contributed by atoms with van der Waals surface area (Å²) in [7, 11) is -3.48. The molecule has 3 rings (SSSR count). The molecule has 0 unspecified atom stereocenters. The fraction of sp³-hybridized carbons (Fsp3) is 0.235. The number of carbonyl (C=O) groups is 1. The molecule has 0 atom stereocenters. The van der Waals surface area contributed by atoms with E-state index in [4.69, 9.17) is 0 Å². The molecular weight excluding hydrogens is 344 g/mol. The van der Waals surface area contributed by atoms with Crippen LogP contribution in [0, 0.1) is 5.92 Å². The number of benzene rings is 1. The van der Waals surface area contributed by atoms with E-state index in [9.17, 15) is 13.2 Å². The van der Waals surface area contributed by atoms with Gasteiger partial charge in [0.1, 0.15) is 0 Å². The number of rotatable bonds is 7. The van der Waals surface area contributed by atoms with Crippen molar-refractivity contribution in [1.82, 2.24) is 4.72 Å². The van der Waals surface area contributed by atoms with Crippen LogP contribution in [0.4, 0.5) is 5.69 Å². The number of nitrogens with one attached hydrogen (secondary N) is 2. The van der Waals surface area contributed by atoms with Gasteiger partial charge in [-0.2, -0.15) is 0 Å². The molecule has 1 aliphatic carbocycles. The first-order chi connectivity index (χ1) is 11.5. The van der Waals surface area contributed by atoms with Crippen molar-refractivity contribution in [2.24, 2.45) is 5.92 Å². The molecule has 2 N–H and O–H groups in total. The molecule has 0 aliphatic heterocycles. The zero-order valence-corrected chi connectivity index (χ0v) is 14.6. The maximum Gasteiger partial charge on any atom is 0.248 e. The second kappa shape index (κ2) is 7.29. The molecule has 5 nitrogen and oxygen atoms in total. The van der Waals surface area contributed by atoms with E-state index >= 15 is 0 Å².